The number of urea groups is 1. The van der Waals surface area contributed by atoms with Crippen LogP contribution in [0.4, 0.5) is 10.5 Å². The van der Waals surface area contributed by atoms with E-state index >= 15 is 0 Å². The molecule has 0 aromatic heterocycles. The lowest BCUT2D eigenvalue weighted by atomic mass is 10.2. The van der Waals surface area contributed by atoms with Gasteiger partial charge in [0.15, 0.2) is 5.75 Å². The number of carboxylic acids is 1. The van der Waals surface area contributed by atoms with Crippen LogP contribution in [0.3, 0.4) is 0 Å². The highest BCUT2D eigenvalue weighted by molar-refractivity contribution is 7.89. The van der Waals surface area contributed by atoms with Gasteiger partial charge in [-0.25, -0.2) is 23.1 Å². The van der Waals surface area contributed by atoms with E-state index in [0.717, 1.165) is 0 Å². The van der Waals surface area contributed by atoms with Crippen molar-refractivity contribution in [1.29, 1.82) is 0 Å². The second-order valence-corrected chi connectivity index (χ2v) is 5.84. The number of sulfonamides is 1. The lowest BCUT2D eigenvalue weighted by Gasteiger charge is -2.10. The van der Waals surface area contributed by atoms with Gasteiger partial charge in [-0.3, -0.25) is 0 Å². The van der Waals surface area contributed by atoms with E-state index < -0.39 is 27.8 Å². The number of phenols is 1. The number of rotatable bonds is 6. The predicted octanol–water partition coefficient (Wildman–Crippen LogP) is -0.109. The fraction of sp³-hybridized carbons (Fsp3) is 0.273. The maximum atomic E-state index is 11.5. The van der Waals surface area contributed by atoms with Crippen LogP contribution in [-0.2, 0) is 10.0 Å². The quantitative estimate of drug-likeness (QED) is 0.363. The number of aromatic carboxylic acids is 1. The number of primary sulfonamides is 1. The van der Waals surface area contributed by atoms with Gasteiger partial charge in [-0.15, -0.1) is 0 Å². The van der Waals surface area contributed by atoms with Crippen molar-refractivity contribution in [2.24, 2.45) is 5.14 Å². The fourth-order valence-corrected chi connectivity index (χ4v) is 2.01. The summed E-state index contributed by atoms with van der Waals surface area (Å²) in [5.74, 6) is -2.16. The summed E-state index contributed by atoms with van der Waals surface area (Å²) in [6.45, 7) is 0.0572. The van der Waals surface area contributed by atoms with Crippen LogP contribution in [0.5, 0.6) is 5.75 Å². The van der Waals surface area contributed by atoms with Crippen LogP contribution >= 0.6 is 0 Å². The molecule has 0 saturated carbocycles. The Balaban J connectivity index is 2.56. The number of para-hydroxylation sites is 1. The van der Waals surface area contributed by atoms with Crippen molar-refractivity contribution in [3.63, 3.8) is 0 Å². The van der Waals surface area contributed by atoms with Crippen molar-refractivity contribution in [2.45, 2.75) is 6.42 Å². The molecule has 0 spiro atoms. The first kappa shape index (κ1) is 16.7. The number of anilines is 1. The minimum Gasteiger partial charge on any atom is -0.505 e. The molecule has 10 heteroatoms. The van der Waals surface area contributed by atoms with Crippen LogP contribution in [0.1, 0.15) is 16.8 Å². The maximum absolute atomic E-state index is 11.5. The van der Waals surface area contributed by atoms with Crippen LogP contribution in [0.15, 0.2) is 18.2 Å². The number of hydrogen-bond acceptors (Lipinski definition) is 5. The summed E-state index contributed by atoms with van der Waals surface area (Å²) in [5, 5.41) is 27.9. The number of carboxylic acid groups (broad SMARTS) is 1. The minimum absolute atomic E-state index is 0.0572. The number of benzene rings is 1. The summed E-state index contributed by atoms with van der Waals surface area (Å²) >= 11 is 0. The van der Waals surface area contributed by atoms with Gasteiger partial charge in [0.25, 0.3) is 0 Å². The van der Waals surface area contributed by atoms with Crippen LogP contribution < -0.4 is 15.8 Å². The number of aromatic hydroxyl groups is 1. The molecule has 0 radical (unpaired) electrons. The van der Waals surface area contributed by atoms with E-state index in [4.69, 9.17) is 10.2 Å². The predicted molar refractivity (Wildman–Crippen MR) is 74.7 cm³/mol. The number of carbonyl (C=O) groups excluding carboxylic acids is 1. The Morgan fingerprint density at radius 2 is 1.95 bits per heavy atom. The second-order valence-electron chi connectivity index (χ2n) is 4.11. The first-order valence-electron chi connectivity index (χ1n) is 5.81. The van der Waals surface area contributed by atoms with Gasteiger partial charge in [-0.1, -0.05) is 6.07 Å². The van der Waals surface area contributed by atoms with Gasteiger partial charge in [-0.05, 0) is 18.6 Å². The third kappa shape index (κ3) is 5.67. The van der Waals surface area contributed by atoms with Gasteiger partial charge in [0.05, 0.1) is 11.4 Å². The van der Waals surface area contributed by atoms with E-state index in [2.05, 4.69) is 10.6 Å². The molecule has 0 atom stereocenters. The van der Waals surface area contributed by atoms with Crippen LogP contribution in [0.2, 0.25) is 0 Å². The van der Waals surface area contributed by atoms with Crippen LogP contribution in [0.25, 0.3) is 0 Å². The molecule has 0 bridgehead atoms. The standard InChI is InChI=1S/C11H15N3O6S/c12-21(19,20)6-2-5-13-11(18)14-8-4-1-3-7(9(8)15)10(16)17/h1,3-4,15H,2,5-6H2,(H,16,17)(H2,12,19,20)(H2,13,14,18). The topological polar surface area (TPSA) is 159 Å². The molecule has 0 unspecified atom stereocenters. The lowest BCUT2D eigenvalue weighted by molar-refractivity contribution is 0.0693. The molecule has 1 aromatic carbocycles. The summed E-state index contributed by atoms with van der Waals surface area (Å²) in [7, 11) is -3.58. The van der Waals surface area contributed by atoms with Crippen LogP contribution in [-0.4, -0.2) is 42.9 Å². The minimum atomic E-state index is -3.58. The van der Waals surface area contributed by atoms with Gasteiger partial charge >= 0.3 is 12.0 Å². The Hall–Kier alpha value is -2.33. The average Bonchev–Trinajstić information content (AvgIpc) is 2.36. The highest BCUT2D eigenvalue weighted by atomic mass is 32.2. The van der Waals surface area contributed by atoms with Crippen LogP contribution in [0, 0.1) is 0 Å². The van der Waals surface area contributed by atoms with Crippen molar-refractivity contribution in [2.75, 3.05) is 17.6 Å². The van der Waals surface area contributed by atoms with Gasteiger partial charge in [0.1, 0.15) is 5.56 Å². The first-order chi connectivity index (χ1) is 9.70. The molecular formula is C11H15N3O6S. The van der Waals surface area contributed by atoms with E-state index in [0.29, 0.717) is 0 Å². The van der Waals surface area contributed by atoms with E-state index in [1.807, 2.05) is 0 Å². The monoisotopic (exact) mass is 317 g/mol. The highest BCUT2D eigenvalue weighted by Crippen LogP contribution is 2.27. The Morgan fingerprint density at radius 3 is 2.52 bits per heavy atom. The molecule has 0 heterocycles. The average molecular weight is 317 g/mol. The van der Waals surface area contributed by atoms with E-state index in [1.165, 1.54) is 18.2 Å². The Kier molecular flexibility index (Phi) is 5.50. The molecule has 2 amide bonds. The highest BCUT2D eigenvalue weighted by Gasteiger charge is 2.14. The van der Waals surface area contributed by atoms with Crippen molar-refractivity contribution in [3.05, 3.63) is 23.8 Å². The molecule has 0 saturated heterocycles. The Labute approximate surface area is 120 Å². The summed E-state index contributed by atoms with van der Waals surface area (Å²) in [5.41, 5.74) is -0.416. The third-order valence-corrected chi connectivity index (χ3v) is 3.26. The van der Waals surface area contributed by atoms with Crippen molar-refractivity contribution in [3.8, 4) is 5.75 Å². The van der Waals surface area contributed by atoms with Crippen molar-refractivity contribution < 1.29 is 28.2 Å². The zero-order valence-electron chi connectivity index (χ0n) is 10.9. The number of amides is 2. The molecule has 116 valence electrons. The first-order valence-corrected chi connectivity index (χ1v) is 7.53. The fourth-order valence-electron chi connectivity index (χ4n) is 1.46. The van der Waals surface area contributed by atoms with Crippen molar-refractivity contribution in [1.82, 2.24) is 5.32 Å². The molecule has 1 rings (SSSR count). The molecular weight excluding hydrogens is 302 g/mol. The summed E-state index contributed by atoms with van der Waals surface area (Å²) < 4.78 is 21.3. The van der Waals surface area contributed by atoms with Crippen molar-refractivity contribution >= 4 is 27.7 Å². The molecule has 0 aliphatic heterocycles. The molecule has 6 N–H and O–H groups in total. The normalized spacial score (nSPS) is 10.9. The second kappa shape index (κ2) is 6.90. The summed E-state index contributed by atoms with van der Waals surface area (Å²) in [6.07, 6.45) is 0.132. The number of nitrogens with two attached hydrogens (primary N) is 1. The number of hydrogen-bond donors (Lipinski definition) is 5. The summed E-state index contributed by atoms with van der Waals surface area (Å²) in [4.78, 5) is 22.3. The molecule has 21 heavy (non-hydrogen) atoms. The third-order valence-electron chi connectivity index (χ3n) is 2.41. The zero-order valence-corrected chi connectivity index (χ0v) is 11.7. The largest absolute Gasteiger partial charge is 0.505 e. The van der Waals surface area contributed by atoms with Gasteiger partial charge in [0.2, 0.25) is 10.0 Å². The van der Waals surface area contributed by atoms with E-state index in [9.17, 15) is 23.1 Å². The molecule has 0 aliphatic carbocycles. The van der Waals surface area contributed by atoms with Gasteiger partial charge < -0.3 is 20.8 Å². The molecule has 1 aromatic rings. The number of nitrogens with one attached hydrogen (secondary N) is 2. The summed E-state index contributed by atoms with van der Waals surface area (Å²) in [6, 6.07) is 3.17. The van der Waals surface area contributed by atoms with Gasteiger partial charge in [-0.2, -0.15) is 0 Å². The number of carbonyl (C=O) groups is 2. The lowest BCUT2D eigenvalue weighted by Crippen LogP contribution is -2.31. The molecule has 9 nitrogen and oxygen atoms in total. The maximum Gasteiger partial charge on any atom is 0.339 e. The molecule has 0 fully saturated rings. The molecule has 0 aliphatic rings. The smallest absolute Gasteiger partial charge is 0.339 e. The van der Waals surface area contributed by atoms with E-state index in [1.54, 1.807) is 0 Å². The van der Waals surface area contributed by atoms with Gasteiger partial charge in [0, 0.05) is 6.54 Å². The van der Waals surface area contributed by atoms with E-state index in [-0.39, 0.29) is 30.0 Å². The SMILES string of the molecule is NS(=O)(=O)CCCNC(=O)Nc1cccc(C(=O)O)c1O. The zero-order chi connectivity index (χ0) is 16.0. The Morgan fingerprint density at radius 1 is 1.29 bits per heavy atom. The Bertz CT molecular complexity index is 643.